The quantitative estimate of drug-likeness (QED) is 0.216. The first kappa shape index (κ1) is 26.9. The van der Waals surface area contributed by atoms with E-state index in [9.17, 15) is 14.7 Å². The number of aromatic nitrogens is 1. The van der Waals surface area contributed by atoms with Gasteiger partial charge in [0.05, 0.1) is 11.6 Å². The van der Waals surface area contributed by atoms with Crippen molar-refractivity contribution in [2.45, 2.75) is 46.7 Å². The second-order valence-corrected chi connectivity index (χ2v) is 10.3. The number of carbonyl (C=O) groups is 2. The van der Waals surface area contributed by atoms with Crippen molar-refractivity contribution in [3.8, 4) is 11.1 Å². The van der Waals surface area contributed by atoms with Gasteiger partial charge in [0.2, 0.25) is 0 Å². The first-order chi connectivity index (χ1) is 19.3. The zero-order valence-corrected chi connectivity index (χ0v) is 23.4. The van der Waals surface area contributed by atoms with Crippen molar-refractivity contribution in [1.82, 2.24) is 9.88 Å². The minimum Gasteiger partial charge on any atom is -0.478 e. The van der Waals surface area contributed by atoms with Crippen molar-refractivity contribution in [2.24, 2.45) is 0 Å². The Morgan fingerprint density at radius 2 is 1.60 bits per heavy atom. The summed E-state index contributed by atoms with van der Waals surface area (Å²) in [5, 5.41) is 13.8. The summed E-state index contributed by atoms with van der Waals surface area (Å²) >= 11 is 0. The van der Waals surface area contributed by atoms with Crippen LogP contribution in [0.25, 0.3) is 22.0 Å². The van der Waals surface area contributed by atoms with Crippen LogP contribution in [0.1, 0.15) is 68.6 Å². The fraction of sp³-hybridized carbons (Fsp3) is 0.200. The molecule has 0 aliphatic heterocycles. The average molecular weight is 531 g/mol. The first-order valence-electron chi connectivity index (χ1n) is 13.7. The maximum Gasteiger partial charge on any atom is 0.336 e. The summed E-state index contributed by atoms with van der Waals surface area (Å²) in [5.74, 6) is -1.01. The molecule has 0 unspecified atom stereocenters. The van der Waals surface area contributed by atoms with Crippen molar-refractivity contribution in [3.63, 3.8) is 0 Å². The molecule has 0 radical (unpaired) electrons. The fourth-order valence-electron chi connectivity index (χ4n) is 5.52. The molecule has 0 saturated carbocycles. The minimum absolute atomic E-state index is 0.0812. The van der Waals surface area contributed by atoms with Crippen molar-refractivity contribution < 1.29 is 14.7 Å². The number of nitrogens with one attached hydrogen (secondary N) is 1. The molecule has 2 N–H and O–H groups in total. The zero-order valence-electron chi connectivity index (χ0n) is 23.4. The molecular formula is C35H34N2O3. The van der Waals surface area contributed by atoms with Crippen LogP contribution in [0.4, 0.5) is 0 Å². The highest BCUT2D eigenvalue weighted by molar-refractivity contribution is 5.99. The van der Waals surface area contributed by atoms with Crippen molar-refractivity contribution in [1.29, 1.82) is 0 Å². The molecule has 0 aliphatic rings. The second kappa shape index (κ2) is 11.2. The van der Waals surface area contributed by atoms with Gasteiger partial charge >= 0.3 is 5.97 Å². The summed E-state index contributed by atoms with van der Waals surface area (Å²) in [5.41, 5.74) is 9.41. The van der Waals surface area contributed by atoms with Crippen LogP contribution in [0.3, 0.4) is 0 Å². The number of aromatic carboxylic acids is 1. The minimum atomic E-state index is -0.933. The lowest BCUT2D eigenvalue weighted by atomic mass is 9.99. The van der Waals surface area contributed by atoms with Gasteiger partial charge in [-0.1, -0.05) is 73.7 Å². The number of carboxylic acid groups (broad SMARTS) is 1. The average Bonchev–Trinajstić information content (AvgIpc) is 3.21. The standard InChI is InChI=1S/C35H34N2O3/c1-5-26-10-6-7-11-29(26)23(3)36-34(38)28-18-19-33-32(20-28)22(2)24(4)37(33)21-25-14-16-27(17-15-25)30-12-8-9-13-31(30)35(39)40/h6-20,23H,5,21H2,1-4H3,(H,36,38)(H,39,40)/t23-/m0/s1. The number of nitrogens with zero attached hydrogens (tertiary/aromatic N) is 1. The van der Waals surface area contributed by atoms with Gasteiger partial charge in [0, 0.05) is 28.7 Å². The van der Waals surface area contributed by atoms with Crippen molar-refractivity contribution in [2.75, 3.05) is 0 Å². The third-order valence-electron chi connectivity index (χ3n) is 7.91. The predicted octanol–water partition coefficient (Wildman–Crippen LogP) is 7.73. The summed E-state index contributed by atoms with van der Waals surface area (Å²) in [6.45, 7) is 9.04. The van der Waals surface area contributed by atoms with E-state index >= 15 is 0 Å². The molecule has 5 aromatic rings. The van der Waals surface area contributed by atoms with Crippen LogP contribution in [0.2, 0.25) is 0 Å². The Morgan fingerprint density at radius 1 is 0.900 bits per heavy atom. The predicted molar refractivity (Wildman–Crippen MR) is 161 cm³/mol. The van der Waals surface area contributed by atoms with E-state index in [1.807, 2.05) is 73.7 Å². The number of carboxylic acids is 1. The van der Waals surface area contributed by atoms with E-state index < -0.39 is 5.97 Å². The molecular weight excluding hydrogens is 496 g/mol. The molecule has 5 nitrogen and oxygen atoms in total. The molecule has 4 aromatic carbocycles. The molecule has 5 heteroatoms. The van der Waals surface area contributed by atoms with Crippen LogP contribution < -0.4 is 5.32 Å². The van der Waals surface area contributed by atoms with Crippen molar-refractivity contribution >= 4 is 22.8 Å². The van der Waals surface area contributed by atoms with E-state index in [-0.39, 0.29) is 11.9 Å². The van der Waals surface area contributed by atoms with E-state index in [0.29, 0.717) is 23.2 Å². The van der Waals surface area contributed by atoms with Gasteiger partial charge in [0.25, 0.3) is 5.91 Å². The van der Waals surface area contributed by atoms with Crippen LogP contribution in [-0.2, 0) is 13.0 Å². The number of hydrogen-bond acceptors (Lipinski definition) is 2. The van der Waals surface area contributed by atoms with Gasteiger partial charge in [-0.25, -0.2) is 4.79 Å². The van der Waals surface area contributed by atoms with Gasteiger partial charge < -0.3 is 15.0 Å². The molecule has 0 fully saturated rings. The lowest BCUT2D eigenvalue weighted by molar-refractivity contribution is 0.0697. The molecule has 0 bridgehead atoms. The molecule has 0 spiro atoms. The van der Waals surface area contributed by atoms with E-state index in [1.54, 1.807) is 12.1 Å². The molecule has 40 heavy (non-hydrogen) atoms. The first-order valence-corrected chi connectivity index (χ1v) is 13.7. The number of carbonyl (C=O) groups excluding carboxylic acids is 1. The maximum absolute atomic E-state index is 13.2. The van der Waals surface area contributed by atoms with E-state index in [1.165, 1.54) is 5.56 Å². The summed E-state index contributed by atoms with van der Waals surface area (Å²) in [7, 11) is 0. The highest BCUT2D eigenvalue weighted by Crippen LogP contribution is 2.29. The van der Waals surface area contributed by atoms with Crippen LogP contribution in [-0.4, -0.2) is 21.6 Å². The Bertz CT molecular complexity index is 1710. The number of amides is 1. The highest BCUT2D eigenvalue weighted by atomic mass is 16.4. The number of fused-ring (bicyclic) bond motifs is 1. The monoisotopic (exact) mass is 530 g/mol. The normalized spacial score (nSPS) is 11.9. The largest absolute Gasteiger partial charge is 0.478 e. The third kappa shape index (κ3) is 5.15. The fourth-order valence-corrected chi connectivity index (χ4v) is 5.52. The molecule has 5 rings (SSSR count). The van der Waals surface area contributed by atoms with Crippen LogP contribution >= 0.6 is 0 Å². The maximum atomic E-state index is 13.2. The molecule has 0 saturated heterocycles. The molecule has 202 valence electrons. The zero-order chi connectivity index (χ0) is 28.4. The smallest absolute Gasteiger partial charge is 0.336 e. The topological polar surface area (TPSA) is 71.3 Å². The van der Waals surface area contributed by atoms with E-state index in [2.05, 4.69) is 42.8 Å². The molecule has 1 heterocycles. The number of hydrogen-bond donors (Lipinski definition) is 2. The molecule has 1 amide bonds. The highest BCUT2D eigenvalue weighted by Gasteiger charge is 2.17. The van der Waals surface area contributed by atoms with Gasteiger partial charge in [-0.05, 0) is 84.8 Å². The second-order valence-electron chi connectivity index (χ2n) is 10.3. The lowest BCUT2D eigenvalue weighted by Gasteiger charge is -2.17. The molecule has 0 aliphatic carbocycles. The SMILES string of the molecule is CCc1ccccc1[C@H](C)NC(=O)c1ccc2c(c1)c(C)c(C)n2Cc1ccc(-c2ccccc2C(=O)O)cc1. The van der Waals surface area contributed by atoms with Crippen molar-refractivity contribution in [3.05, 3.63) is 130 Å². The van der Waals surface area contributed by atoms with Gasteiger partial charge in [-0.2, -0.15) is 0 Å². The number of benzene rings is 4. The Hall–Kier alpha value is -4.64. The Balaban J connectivity index is 1.39. The van der Waals surface area contributed by atoms with E-state index in [0.717, 1.165) is 45.3 Å². The van der Waals surface area contributed by atoms with Crippen LogP contribution in [0.15, 0.2) is 91.0 Å². The third-order valence-corrected chi connectivity index (χ3v) is 7.91. The van der Waals surface area contributed by atoms with E-state index in [4.69, 9.17) is 0 Å². The lowest BCUT2D eigenvalue weighted by Crippen LogP contribution is -2.27. The van der Waals surface area contributed by atoms with Crippen LogP contribution in [0.5, 0.6) is 0 Å². The van der Waals surface area contributed by atoms with Gasteiger partial charge in [0.15, 0.2) is 0 Å². The van der Waals surface area contributed by atoms with Gasteiger partial charge in [-0.3, -0.25) is 4.79 Å². The number of aryl methyl sites for hydroxylation is 2. The Morgan fingerprint density at radius 3 is 2.33 bits per heavy atom. The summed E-state index contributed by atoms with van der Waals surface area (Å²) in [6, 6.07) is 29.2. The molecule has 1 atom stereocenters. The Kier molecular flexibility index (Phi) is 7.56. The summed E-state index contributed by atoms with van der Waals surface area (Å²) in [4.78, 5) is 24.9. The molecule has 1 aromatic heterocycles. The summed E-state index contributed by atoms with van der Waals surface area (Å²) in [6.07, 6.45) is 0.923. The summed E-state index contributed by atoms with van der Waals surface area (Å²) < 4.78 is 2.27. The Labute approximate surface area is 235 Å². The van der Waals surface area contributed by atoms with Gasteiger partial charge in [-0.15, -0.1) is 0 Å². The number of rotatable bonds is 8. The van der Waals surface area contributed by atoms with Gasteiger partial charge in [0.1, 0.15) is 0 Å². The van der Waals surface area contributed by atoms with Crippen LogP contribution in [0, 0.1) is 13.8 Å².